The number of hydrogen-bond acceptors (Lipinski definition) is 6. The summed E-state index contributed by atoms with van der Waals surface area (Å²) in [5.74, 6) is 3.30. The minimum absolute atomic E-state index is 0.492. The molecule has 3 heterocycles. The molecule has 6 rings (SSSR count). The Morgan fingerprint density at radius 3 is 2.79 bits per heavy atom. The first-order valence-electron chi connectivity index (χ1n) is 12.5. The number of anilines is 2. The average Bonchev–Trinajstić information content (AvgIpc) is 3.40. The van der Waals surface area contributed by atoms with Crippen molar-refractivity contribution in [3.8, 4) is 0 Å². The van der Waals surface area contributed by atoms with Crippen LogP contribution in [0.25, 0.3) is 21.9 Å². The van der Waals surface area contributed by atoms with Crippen molar-refractivity contribution >= 4 is 33.6 Å². The Labute approximate surface area is 199 Å². The fraction of sp³-hybridized carbons (Fsp3) is 0.444. The Hall–Kier alpha value is -3.19. The highest BCUT2D eigenvalue weighted by molar-refractivity contribution is 5.87. The maximum absolute atomic E-state index is 5.06. The molecule has 0 aliphatic heterocycles. The fourth-order valence-corrected chi connectivity index (χ4v) is 5.37. The topological polar surface area (TPSA) is 76.9 Å². The van der Waals surface area contributed by atoms with Gasteiger partial charge in [-0.1, -0.05) is 12.1 Å². The zero-order valence-corrected chi connectivity index (χ0v) is 19.7. The number of aromatic nitrogens is 4. The van der Waals surface area contributed by atoms with Crippen LogP contribution in [-0.4, -0.2) is 33.2 Å². The zero-order chi connectivity index (χ0) is 22.9. The second-order valence-corrected chi connectivity index (χ2v) is 9.91. The molecule has 0 spiro atoms. The number of nitrogens with one attached hydrogen (secondary N) is 2. The molecule has 34 heavy (non-hydrogen) atoms. The first kappa shape index (κ1) is 21.4. The van der Waals surface area contributed by atoms with Gasteiger partial charge >= 0.3 is 0 Å². The van der Waals surface area contributed by atoms with Gasteiger partial charge in [-0.25, -0.2) is 20.4 Å². The fourth-order valence-electron chi connectivity index (χ4n) is 5.37. The average molecular weight is 457 g/mol. The molecule has 0 radical (unpaired) electrons. The minimum atomic E-state index is 0.492. The molecular formula is C27H32N6O. The summed E-state index contributed by atoms with van der Waals surface area (Å²) in [6, 6.07) is 13.6. The van der Waals surface area contributed by atoms with Gasteiger partial charge in [-0.15, -0.1) is 0 Å². The van der Waals surface area contributed by atoms with Crippen molar-refractivity contribution in [2.24, 2.45) is 11.8 Å². The third kappa shape index (κ3) is 4.44. The largest absolute Gasteiger partial charge is 0.370 e. The van der Waals surface area contributed by atoms with E-state index in [1.165, 1.54) is 49.5 Å². The zero-order valence-electron chi connectivity index (χ0n) is 19.7. The summed E-state index contributed by atoms with van der Waals surface area (Å²) in [5, 5.41) is 5.72. The summed E-state index contributed by atoms with van der Waals surface area (Å²) in [4.78, 5) is 18.8. The molecule has 4 aromatic rings. The Morgan fingerprint density at radius 2 is 1.91 bits per heavy atom. The van der Waals surface area contributed by atoms with Crippen molar-refractivity contribution in [2.75, 3.05) is 24.5 Å². The quantitative estimate of drug-likeness (QED) is 0.312. The Kier molecular flexibility index (Phi) is 5.79. The molecule has 1 aromatic carbocycles. The maximum Gasteiger partial charge on any atom is 0.162 e. The van der Waals surface area contributed by atoms with Crippen LogP contribution in [0.1, 0.15) is 50.1 Å². The molecule has 0 bridgehead atoms. The highest BCUT2D eigenvalue weighted by atomic mass is 16.6. The molecule has 7 nitrogen and oxygen atoms in total. The molecule has 2 atom stereocenters. The van der Waals surface area contributed by atoms with Gasteiger partial charge in [-0.3, -0.25) is 4.84 Å². The van der Waals surface area contributed by atoms with Crippen molar-refractivity contribution < 1.29 is 4.84 Å². The van der Waals surface area contributed by atoms with E-state index in [4.69, 9.17) is 9.82 Å². The minimum Gasteiger partial charge on any atom is -0.370 e. The second kappa shape index (κ2) is 9.22. The molecule has 0 unspecified atom stereocenters. The lowest BCUT2D eigenvalue weighted by Gasteiger charge is -2.15. The summed E-state index contributed by atoms with van der Waals surface area (Å²) < 4.78 is 2.33. The van der Waals surface area contributed by atoms with E-state index >= 15 is 0 Å². The molecule has 2 fully saturated rings. The van der Waals surface area contributed by atoms with E-state index in [-0.39, 0.29) is 0 Å². The Balaban J connectivity index is 1.10. The lowest BCUT2D eigenvalue weighted by Crippen LogP contribution is -2.06. The summed E-state index contributed by atoms with van der Waals surface area (Å²) in [7, 11) is 1.60. The Bertz CT molecular complexity index is 1300. The molecular weight excluding hydrogens is 424 g/mol. The number of rotatable bonds is 9. The number of hydrogen-bond donors (Lipinski definition) is 2. The van der Waals surface area contributed by atoms with Gasteiger partial charge in [0.05, 0.1) is 18.0 Å². The van der Waals surface area contributed by atoms with Gasteiger partial charge < -0.3 is 9.88 Å². The third-order valence-electron chi connectivity index (χ3n) is 7.48. The van der Waals surface area contributed by atoms with Crippen LogP contribution in [0.3, 0.4) is 0 Å². The first-order chi connectivity index (χ1) is 16.8. The van der Waals surface area contributed by atoms with E-state index in [1.54, 1.807) is 13.4 Å². The van der Waals surface area contributed by atoms with Gasteiger partial charge in [0.15, 0.2) is 5.82 Å². The van der Waals surface area contributed by atoms with Crippen LogP contribution in [-0.2, 0) is 11.3 Å². The van der Waals surface area contributed by atoms with E-state index < -0.39 is 0 Å². The van der Waals surface area contributed by atoms with E-state index in [9.17, 15) is 0 Å². The summed E-state index contributed by atoms with van der Waals surface area (Å²) in [6.45, 7) is 1.05. The van der Waals surface area contributed by atoms with Crippen LogP contribution in [0, 0.1) is 11.8 Å². The molecule has 176 valence electrons. The SMILES string of the molecule is CONc1ncnc2c1ccn2[C@H]1CC[C@@H](CCc2ccc3ccc(NCC4CC4)nc3c2)C1. The molecule has 2 aliphatic rings. The summed E-state index contributed by atoms with van der Waals surface area (Å²) >= 11 is 0. The van der Waals surface area contributed by atoms with E-state index in [1.807, 2.05) is 0 Å². The first-order valence-corrected chi connectivity index (χ1v) is 12.5. The lowest BCUT2D eigenvalue weighted by atomic mass is 9.97. The van der Waals surface area contributed by atoms with Crippen molar-refractivity contribution in [2.45, 2.75) is 51.0 Å². The van der Waals surface area contributed by atoms with Gasteiger partial charge in [0.1, 0.15) is 17.8 Å². The molecule has 3 aromatic heterocycles. The van der Waals surface area contributed by atoms with E-state index in [2.05, 4.69) is 67.9 Å². The number of benzene rings is 1. The number of pyridine rings is 1. The van der Waals surface area contributed by atoms with Gasteiger partial charge in [-0.05, 0) is 86.6 Å². The van der Waals surface area contributed by atoms with Gasteiger partial charge in [0, 0.05) is 24.2 Å². The van der Waals surface area contributed by atoms with Crippen molar-refractivity contribution in [1.29, 1.82) is 0 Å². The standard InChI is InChI=1S/C27H32N6O/c1-34-32-26-23-12-13-33(27(23)30-17-29-26)22-10-7-18(14-22)2-3-19-6-8-21-9-11-25(31-24(21)15-19)28-16-20-4-5-20/h6,8-9,11-13,15,17-18,20,22H,2-5,7,10,14,16H2,1H3,(H,28,31)(H,29,30,32)/t18-,22+/m1/s1. The van der Waals surface area contributed by atoms with Crippen LogP contribution >= 0.6 is 0 Å². The highest BCUT2D eigenvalue weighted by Crippen LogP contribution is 2.39. The summed E-state index contributed by atoms with van der Waals surface area (Å²) in [6.07, 6.45) is 12.4. The van der Waals surface area contributed by atoms with Gasteiger partial charge in [0.2, 0.25) is 0 Å². The second-order valence-electron chi connectivity index (χ2n) is 9.91. The number of aryl methyl sites for hydroxylation is 1. The van der Waals surface area contributed by atoms with Crippen LogP contribution in [0.5, 0.6) is 0 Å². The van der Waals surface area contributed by atoms with Gasteiger partial charge in [0.25, 0.3) is 0 Å². The molecule has 2 saturated carbocycles. The Morgan fingerprint density at radius 1 is 1.03 bits per heavy atom. The van der Waals surface area contributed by atoms with Crippen LogP contribution < -0.4 is 10.8 Å². The van der Waals surface area contributed by atoms with Crippen molar-refractivity contribution in [1.82, 2.24) is 19.5 Å². The van der Waals surface area contributed by atoms with Crippen molar-refractivity contribution in [3.63, 3.8) is 0 Å². The molecule has 0 saturated heterocycles. The monoisotopic (exact) mass is 456 g/mol. The van der Waals surface area contributed by atoms with Crippen molar-refractivity contribution in [3.05, 3.63) is 54.5 Å². The van der Waals surface area contributed by atoms with Crippen LogP contribution in [0.15, 0.2) is 48.9 Å². The lowest BCUT2D eigenvalue weighted by molar-refractivity contribution is 0.269. The normalized spacial score (nSPS) is 20.3. The number of fused-ring (bicyclic) bond motifs is 2. The predicted molar refractivity (Wildman–Crippen MR) is 136 cm³/mol. The van der Waals surface area contributed by atoms with Gasteiger partial charge in [-0.2, -0.15) is 0 Å². The summed E-state index contributed by atoms with van der Waals surface area (Å²) in [5.41, 5.74) is 6.32. The predicted octanol–water partition coefficient (Wildman–Crippen LogP) is 5.75. The number of nitrogens with zero attached hydrogens (tertiary/aromatic N) is 4. The molecule has 7 heteroatoms. The molecule has 0 amide bonds. The van der Waals surface area contributed by atoms with E-state index in [0.717, 1.165) is 53.0 Å². The highest BCUT2D eigenvalue weighted by Gasteiger charge is 2.27. The molecule has 2 N–H and O–H groups in total. The van der Waals surface area contributed by atoms with E-state index in [0.29, 0.717) is 6.04 Å². The van der Waals surface area contributed by atoms with Crippen LogP contribution in [0.4, 0.5) is 11.6 Å². The maximum atomic E-state index is 5.06. The van der Waals surface area contributed by atoms with Crippen LogP contribution in [0.2, 0.25) is 0 Å². The third-order valence-corrected chi connectivity index (χ3v) is 7.48. The molecule has 2 aliphatic carbocycles. The smallest absolute Gasteiger partial charge is 0.162 e.